The summed E-state index contributed by atoms with van der Waals surface area (Å²) in [6.45, 7) is 0.419. The number of nitrogens with one attached hydrogen (secondary N) is 1. The fraction of sp³-hybridized carbons (Fsp3) is 0.435. The Hall–Kier alpha value is -2.45. The number of sulfonamides is 1. The summed E-state index contributed by atoms with van der Waals surface area (Å²) in [4.78, 5) is 12.7. The first kappa shape index (κ1) is 21.8. The van der Waals surface area contributed by atoms with Crippen LogP contribution in [0.15, 0.2) is 47.4 Å². The second-order valence-corrected chi connectivity index (χ2v) is 10.0. The average Bonchev–Trinajstić information content (AvgIpc) is 2.79. The van der Waals surface area contributed by atoms with Gasteiger partial charge in [0.2, 0.25) is 15.9 Å². The van der Waals surface area contributed by atoms with Crippen LogP contribution in [0, 0.1) is 11.7 Å². The second kappa shape index (κ2) is 8.96. The van der Waals surface area contributed by atoms with Crippen LogP contribution in [0.3, 0.4) is 0 Å². The van der Waals surface area contributed by atoms with Crippen molar-refractivity contribution in [1.82, 2.24) is 9.62 Å². The topological polar surface area (TPSA) is 75.7 Å². The molecule has 0 saturated carbocycles. The Balaban J connectivity index is 1.41. The molecule has 1 atom stereocenters. The molecule has 0 radical (unpaired) electrons. The van der Waals surface area contributed by atoms with Crippen molar-refractivity contribution in [1.29, 1.82) is 0 Å². The molecule has 1 saturated heterocycles. The number of benzene rings is 2. The molecule has 6 nitrogen and oxygen atoms in total. The Morgan fingerprint density at radius 2 is 1.87 bits per heavy atom. The van der Waals surface area contributed by atoms with Crippen LogP contribution in [0.2, 0.25) is 0 Å². The lowest BCUT2D eigenvalue weighted by Crippen LogP contribution is -2.44. The predicted molar refractivity (Wildman–Crippen MR) is 115 cm³/mol. The van der Waals surface area contributed by atoms with Crippen LogP contribution in [0.4, 0.5) is 4.39 Å². The number of aryl methyl sites for hydroxylation is 1. The van der Waals surface area contributed by atoms with Gasteiger partial charge in [-0.2, -0.15) is 4.31 Å². The van der Waals surface area contributed by atoms with E-state index in [1.165, 1.54) is 28.6 Å². The largest absolute Gasteiger partial charge is 0.495 e. The maximum absolute atomic E-state index is 13.7. The Bertz CT molecular complexity index is 1060. The van der Waals surface area contributed by atoms with Gasteiger partial charge in [-0.25, -0.2) is 12.8 Å². The van der Waals surface area contributed by atoms with Gasteiger partial charge in [-0.15, -0.1) is 0 Å². The number of carbonyl (C=O) groups excluding carboxylic acids is 1. The lowest BCUT2D eigenvalue weighted by molar-refractivity contribution is -0.127. The number of rotatable bonds is 5. The normalized spacial score (nSPS) is 20.1. The minimum absolute atomic E-state index is 0.00997. The van der Waals surface area contributed by atoms with E-state index in [1.807, 2.05) is 12.1 Å². The lowest BCUT2D eigenvalue weighted by atomic mass is 9.87. The van der Waals surface area contributed by atoms with Gasteiger partial charge in [0.1, 0.15) is 16.5 Å². The zero-order valence-electron chi connectivity index (χ0n) is 17.5. The third kappa shape index (κ3) is 4.45. The number of methoxy groups -OCH3 is 1. The summed E-state index contributed by atoms with van der Waals surface area (Å²) in [6, 6.07) is 11.7. The minimum Gasteiger partial charge on any atom is -0.495 e. The Morgan fingerprint density at radius 1 is 1.13 bits per heavy atom. The fourth-order valence-electron chi connectivity index (χ4n) is 4.54. The summed E-state index contributed by atoms with van der Waals surface area (Å²) < 4.78 is 46.2. The van der Waals surface area contributed by atoms with E-state index < -0.39 is 15.8 Å². The number of carbonyl (C=O) groups is 1. The summed E-state index contributed by atoms with van der Waals surface area (Å²) in [5.74, 6) is -0.796. The standard InChI is InChI=1S/C23H27FN2O4S/c1-30-21-10-9-18(24)15-22(21)31(28,29)26-13-11-17(12-14-26)23(27)25-20-8-4-6-16-5-2-3-7-19(16)20/h2-3,5,7,9-10,15,17,20H,4,6,8,11-14H2,1H3,(H,25,27)/t20-/m0/s1. The maximum Gasteiger partial charge on any atom is 0.246 e. The first-order chi connectivity index (χ1) is 14.9. The van der Waals surface area contributed by atoms with Crippen LogP contribution in [0.1, 0.15) is 42.9 Å². The van der Waals surface area contributed by atoms with Gasteiger partial charge in [-0.1, -0.05) is 24.3 Å². The van der Waals surface area contributed by atoms with E-state index in [4.69, 9.17) is 4.74 Å². The summed E-state index contributed by atoms with van der Waals surface area (Å²) in [5, 5.41) is 3.18. The molecule has 8 heteroatoms. The van der Waals surface area contributed by atoms with Crippen molar-refractivity contribution < 1.29 is 22.3 Å². The molecule has 0 spiro atoms. The third-order valence-corrected chi connectivity index (χ3v) is 8.17. The number of halogens is 1. The maximum atomic E-state index is 13.7. The first-order valence-corrected chi connectivity index (χ1v) is 12.1. The number of nitrogens with zero attached hydrogens (tertiary/aromatic N) is 1. The monoisotopic (exact) mass is 446 g/mol. The Morgan fingerprint density at radius 3 is 2.61 bits per heavy atom. The van der Waals surface area contributed by atoms with Gasteiger partial charge in [0, 0.05) is 19.0 Å². The van der Waals surface area contributed by atoms with Gasteiger partial charge in [0.05, 0.1) is 13.2 Å². The number of hydrogen-bond donors (Lipinski definition) is 1. The minimum atomic E-state index is -3.91. The molecule has 2 aliphatic rings. The van der Waals surface area contributed by atoms with Crippen molar-refractivity contribution in [3.05, 3.63) is 59.4 Å². The van der Waals surface area contributed by atoms with Crippen molar-refractivity contribution in [3.63, 3.8) is 0 Å². The number of hydrogen-bond acceptors (Lipinski definition) is 4. The lowest BCUT2D eigenvalue weighted by Gasteiger charge is -2.33. The highest BCUT2D eigenvalue weighted by Gasteiger charge is 2.35. The van der Waals surface area contributed by atoms with Crippen LogP contribution in [-0.4, -0.2) is 38.8 Å². The van der Waals surface area contributed by atoms with Gasteiger partial charge < -0.3 is 10.1 Å². The van der Waals surface area contributed by atoms with Crippen LogP contribution >= 0.6 is 0 Å². The van der Waals surface area contributed by atoms with Gasteiger partial charge in [0.25, 0.3) is 0 Å². The molecule has 1 aliphatic carbocycles. The van der Waals surface area contributed by atoms with Gasteiger partial charge in [-0.3, -0.25) is 4.79 Å². The van der Waals surface area contributed by atoms with Crippen LogP contribution in [0.5, 0.6) is 5.75 Å². The van der Waals surface area contributed by atoms with E-state index in [0.717, 1.165) is 31.4 Å². The molecule has 0 unspecified atom stereocenters. The summed E-state index contributed by atoms with van der Waals surface area (Å²) in [5.41, 5.74) is 2.46. The zero-order chi connectivity index (χ0) is 22.0. The molecule has 31 heavy (non-hydrogen) atoms. The zero-order valence-corrected chi connectivity index (χ0v) is 18.3. The summed E-state index contributed by atoms with van der Waals surface area (Å²) in [6.07, 6.45) is 3.83. The van der Waals surface area contributed by atoms with E-state index in [2.05, 4.69) is 17.4 Å². The van der Waals surface area contributed by atoms with Crippen molar-refractivity contribution in [2.45, 2.75) is 43.0 Å². The van der Waals surface area contributed by atoms with E-state index in [1.54, 1.807) is 0 Å². The molecule has 0 aromatic heterocycles. The van der Waals surface area contributed by atoms with E-state index >= 15 is 0 Å². The highest BCUT2D eigenvalue weighted by molar-refractivity contribution is 7.89. The average molecular weight is 447 g/mol. The molecule has 2 aromatic carbocycles. The Labute approximate surface area is 182 Å². The number of piperidine rings is 1. The van der Waals surface area contributed by atoms with Crippen molar-refractivity contribution in [2.75, 3.05) is 20.2 Å². The molecule has 1 fully saturated rings. The second-order valence-electron chi connectivity index (χ2n) is 8.13. The summed E-state index contributed by atoms with van der Waals surface area (Å²) >= 11 is 0. The first-order valence-electron chi connectivity index (χ1n) is 10.6. The molecule has 2 aromatic rings. The van der Waals surface area contributed by atoms with Gasteiger partial charge in [-0.05, 0) is 61.4 Å². The third-order valence-electron chi connectivity index (χ3n) is 6.25. The number of amides is 1. The highest BCUT2D eigenvalue weighted by atomic mass is 32.2. The highest BCUT2D eigenvalue weighted by Crippen LogP contribution is 2.32. The quantitative estimate of drug-likeness (QED) is 0.764. The SMILES string of the molecule is COc1ccc(F)cc1S(=O)(=O)N1CCC(C(=O)N[C@H]2CCCc3ccccc32)CC1. The van der Waals surface area contributed by atoms with Gasteiger partial charge >= 0.3 is 0 Å². The smallest absolute Gasteiger partial charge is 0.246 e. The fourth-order valence-corrected chi connectivity index (χ4v) is 6.18. The molecule has 4 rings (SSSR count). The van der Waals surface area contributed by atoms with Crippen molar-refractivity contribution in [3.8, 4) is 5.75 Å². The molecule has 1 heterocycles. The van der Waals surface area contributed by atoms with E-state index in [-0.39, 0.29) is 41.6 Å². The van der Waals surface area contributed by atoms with Crippen molar-refractivity contribution in [2.24, 2.45) is 5.92 Å². The molecular weight excluding hydrogens is 419 g/mol. The molecular formula is C23H27FN2O4S. The van der Waals surface area contributed by atoms with Crippen LogP contribution < -0.4 is 10.1 Å². The molecule has 1 aliphatic heterocycles. The number of fused-ring (bicyclic) bond motifs is 1. The van der Waals surface area contributed by atoms with Gasteiger partial charge in [0.15, 0.2) is 0 Å². The number of ether oxygens (including phenoxy) is 1. The molecule has 166 valence electrons. The van der Waals surface area contributed by atoms with Crippen molar-refractivity contribution >= 4 is 15.9 Å². The summed E-state index contributed by atoms with van der Waals surface area (Å²) in [7, 11) is -2.55. The molecule has 0 bridgehead atoms. The van der Waals surface area contributed by atoms with Crippen LogP contribution in [0.25, 0.3) is 0 Å². The molecule has 1 amide bonds. The Kier molecular flexibility index (Phi) is 6.29. The van der Waals surface area contributed by atoms with E-state index in [9.17, 15) is 17.6 Å². The molecule has 1 N–H and O–H groups in total. The predicted octanol–water partition coefficient (Wildman–Crippen LogP) is 3.43. The van der Waals surface area contributed by atoms with E-state index in [0.29, 0.717) is 12.8 Å². The van der Waals surface area contributed by atoms with Crippen LogP contribution in [-0.2, 0) is 21.2 Å².